The van der Waals surface area contributed by atoms with Crippen LogP contribution in [0.2, 0.25) is 0 Å². The number of aliphatic hydroxyl groups excluding tert-OH is 1. The van der Waals surface area contributed by atoms with E-state index in [2.05, 4.69) is 17.1 Å². The first-order valence-electron chi connectivity index (χ1n) is 6.97. The van der Waals surface area contributed by atoms with Gasteiger partial charge in [0, 0.05) is 13.2 Å². The van der Waals surface area contributed by atoms with Crippen molar-refractivity contribution in [3.63, 3.8) is 0 Å². The minimum Gasteiger partial charge on any atom is -0.382 e. The molecule has 6 heteroatoms. The van der Waals surface area contributed by atoms with E-state index in [1.807, 2.05) is 6.92 Å². The number of aromatic nitrogens is 2. The Balaban J connectivity index is 2.25. The van der Waals surface area contributed by atoms with Crippen LogP contribution in [0.25, 0.3) is 0 Å². The highest BCUT2D eigenvalue weighted by Crippen LogP contribution is 2.41. The van der Waals surface area contributed by atoms with Crippen LogP contribution >= 0.6 is 0 Å². The second-order valence-electron chi connectivity index (χ2n) is 5.34. The molecule has 1 heterocycles. The second-order valence-corrected chi connectivity index (χ2v) is 5.34. The lowest BCUT2D eigenvalue weighted by atomic mass is 9.78. The molecule has 6 nitrogen and oxygen atoms in total. The summed E-state index contributed by atoms with van der Waals surface area (Å²) >= 11 is 0. The Labute approximate surface area is 113 Å². The maximum absolute atomic E-state index is 9.64. The molecule has 1 saturated carbocycles. The first kappa shape index (κ1) is 14.4. The maximum Gasteiger partial charge on any atom is 0.256 e. The Morgan fingerprint density at radius 2 is 2.42 bits per heavy atom. The number of aliphatic hydroxyl groups is 1. The summed E-state index contributed by atoms with van der Waals surface area (Å²) in [5.41, 5.74) is 4.93. The molecule has 19 heavy (non-hydrogen) atoms. The number of ether oxygens (including phenoxy) is 1. The minimum absolute atomic E-state index is 0.0691. The molecule has 1 aliphatic carbocycles. The fraction of sp³-hybridized carbons (Fsp3) is 0.846. The van der Waals surface area contributed by atoms with Crippen molar-refractivity contribution >= 4 is 0 Å². The van der Waals surface area contributed by atoms with Crippen LogP contribution in [0, 0.1) is 5.92 Å². The Kier molecular flexibility index (Phi) is 4.54. The third-order valence-electron chi connectivity index (χ3n) is 3.73. The molecule has 3 atom stereocenters. The molecule has 0 spiro atoms. The molecule has 0 bridgehead atoms. The monoisotopic (exact) mass is 269 g/mol. The molecule has 1 aromatic heterocycles. The lowest BCUT2D eigenvalue weighted by molar-refractivity contribution is -0.0891. The van der Waals surface area contributed by atoms with Gasteiger partial charge in [-0.15, -0.1) is 0 Å². The van der Waals surface area contributed by atoms with E-state index in [0.29, 0.717) is 18.3 Å². The quantitative estimate of drug-likeness (QED) is 0.841. The Morgan fingerprint density at radius 3 is 3.05 bits per heavy atom. The first-order chi connectivity index (χ1) is 9.11. The summed E-state index contributed by atoms with van der Waals surface area (Å²) in [6.45, 7) is 4.86. The molecule has 2 unspecified atom stereocenters. The van der Waals surface area contributed by atoms with Crippen molar-refractivity contribution in [3.8, 4) is 0 Å². The number of nitrogens with two attached hydrogens (primary N) is 1. The van der Waals surface area contributed by atoms with Gasteiger partial charge in [-0.3, -0.25) is 0 Å². The van der Waals surface area contributed by atoms with Gasteiger partial charge >= 0.3 is 0 Å². The Hall–Kier alpha value is -0.980. The Bertz CT molecular complexity index is 406. The summed E-state index contributed by atoms with van der Waals surface area (Å²) in [4.78, 5) is 4.30. The number of nitrogens with zero attached hydrogens (tertiary/aromatic N) is 2. The number of hydrogen-bond donors (Lipinski definition) is 2. The van der Waals surface area contributed by atoms with Gasteiger partial charge in [0.2, 0.25) is 5.82 Å². The van der Waals surface area contributed by atoms with E-state index in [1.54, 1.807) is 0 Å². The zero-order valence-corrected chi connectivity index (χ0v) is 11.6. The third-order valence-corrected chi connectivity index (χ3v) is 3.73. The smallest absolute Gasteiger partial charge is 0.256 e. The van der Waals surface area contributed by atoms with Crippen molar-refractivity contribution in [2.24, 2.45) is 11.7 Å². The summed E-state index contributed by atoms with van der Waals surface area (Å²) in [5, 5.41) is 13.7. The summed E-state index contributed by atoms with van der Waals surface area (Å²) in [6.07, 6.45) is 3.16. The molecule has 0 aromatic carbocycles. The van der Waals surface area contributed by atoms with Gasteiger partial charge in [0.15, 0.2) is 0 Å². The normalized spacial score (nSPS) is 29.4. The van der Waals surface area contributed by atoms with Crippen LogP contribution in [0.3, 0.4) is 0 Å². The van der Waals surface area contributed by atoms with E-state index in [1.165, 1.54) is 6.42 Å². The molecule has 1 aromatic rings. The lowest BCUT2D eigenvalue weighted by Crippen LogP contribution is -2.36. The Morgan fingerprint density at radius 1 is 1.63 bits per heavy atom. The van der Waals surface area contributed by atoms with Gasteiger partial charge in [-0.1, -0.05) is 18.5 Å². The van der Waals surface area contributed by atoms with Gasteiger partial charge in [-0.25, -0.2) is 0 Å². The van der Waals surface area contributed by atoms with Crippen LogP contribution in [0.15, 0.2) is 4.52 Å². The van der Waals surface area contributed by atoms with Crippen molar-refractivity contribution in [1.29, 1.82) is 0 Å². The highest BCUT2D eigenvalue weighted by Gasteiger charge is 2.41. The standard InChI is InChI=1S/C13H23N3O3/c1-3-18-13(6-4-5-9(2)7-13)12-15-11(19-16-12)10(17)8-14/h9-10,17H,3-8,14H2,1-2H3/t9?,10-,13?/m0/s1. The lowest BCUT2D eigenvalue weighted by Gasteiger charge is -2.37. The van der Waals surface area contributed by atoms with Crippen LogP contribution < -0.4 is 5.73 Å². The van der Waals surface area contributed by atoms with Crippen LogP contribution in [0.4, 0.5) is 0 Å². The molecule has 2 rings (SSSR count). The topological polar surface area (TPSA) is 94.4 Å². The molecule has 108 valence electrons. The van der Waals surface area contributed by atoms with Crippen molar-refractivity contribution in [1.82, 2.24) is 10.1 Å². The van der Waals surface area contributed by atoms with Gasteiger partial charge in [-0.05, 0) is 32.1 Å². The molecule has 0 radical (unpaired) electrons. The van der Waals surface area contributed by atoms with E-state index in [9.17, 15) is 5.11 Å². The van der Waals surface area contributed by atoms with Gasteiger partial charge < -0.3 is 20.1 Å². The second kappa shape index (κ2) is 5.98. The van der Waals surface area contributed by atoms with E-state index in [-0.39, 0.29) is 12.4 Å². The molecule has 3 N–H and O–H groups in total. The van der Waals surface area contributed by atoms with E-state index < -0.39 is 11.7 Å². The zero-order chi connectivity index (χ0) is 13.9. The SMILES string of the molecule is CCOC1(c2noc([C@@H](O)CN)n2)CCCC(C)C1. The van der Waals surface area contributed by atoms with Crippen LogP contribution in [0.5, 0.6) is 0 Å². The van der Waals surface area contributed by atoms with Crippen LogP contribution in [0.1, 0.15) is 57.3 Å². The third kappa shape index (κ3) is 2.96. The molecule has 1 aliphatic rings. The van der Waals surface area contributed by atoms with Crippen molar-refractivity contribution in [2.45, 2.75) is 51.2 Å². The highest BCUT2D eigenvalue weighted by atomic mass is 16.5. The largest absolute Gasteiger partial charge is 0.382 e. The van der Waals surface area contributed by atoms with Crippen LogP contribution in [-0.4, -0.2) is 28.4 Å². The van der Waals surface area contributed by atoms with E-state index in [4.69, 9.17) is 15.0 Å². The van der Waals surface area contributed by atoms with Crippen molar-refractivity contribution in [2.75, 3.05) is 13.2 Å². The average molecular weight is 269 g/mol. The fourth-order valence-corrected chi connectivity index (χ4v) is 2.83. The molecular weight excluding hydrogens is 246 g/mol. The molecule has 0 aliphatic heterocycles. The van der Waals surface area contributed by atoms with Gasteiger partial charge in [0.25, 0.3) is 5.89 Å². The summed E-state index contributed by atoms with van der Waals surface area (Å²) in [5.74, 6) is 1.29. The predicted molar refractivity (Wildman–Crippen MR) is 69.2 cm³/mol. The number of hydrogen-bond acceptors (Lipinski definition) is 6. The molecule has 0 saturated heterocycles. The molecule has 0 amide bonds. The van der Waals surface area contributed by atoms with E-state index in [0.717, 1.165) is 19.3 Å². The molecular formula is C13H23N3O3. The summed E-state index contributed by atoms with van der Waals surface area (Å²) in [6, 6.07) is 0. The van der Waals surface area contributed by atoms with Gasteiger partial charge in [-0.2, -0.15) is 4.98 Å². The fourth-order valence-electron chi connectivity index (χ4n) is 2.83. The predicted octanol–water partition coefficient (Wildman–Crippen LogP) is 1.50. The van der Waals surface area contributed by atoms with Gasteiger partial charge in [0.1, 0.15) is 11.7 Å². The average Bonchev–Trinajstić information content (AvgIpc) is 2.88. The van der Waals surface area contributed by atoms with Crippen LogP contribution in [-0.2, 0) is 10.3 Å². The molecule has 1 fully saturated rings. The van der Waals surface area contributed by atoms with Crippen molar-refractivity contribution < 1.29 is 14.4 Å². The number of rotatable bonds is 5. The maximum atomic E-state index is 9.64. The van der Waals surface area contributed by atoms with E-state index >= 15 is 0 Å². The van der Waals surface area contributed by atoms with Gasteiger partial charge in [0.05, 0.1) is 0 Å². The minimum atomic E-state index is -0.902. The summed E-state index contributed by atoms with van der Waals surface area (Å²) in [7, 11) is 0. The first-order valence-corrected chi connectivity index (χ1v) is 6.97. The van der Waals surface area contributed by atoms with Crippen molar-refractivity contribution in [3.05, 3.63) is 11.7 Å². The zero-order valence-electron chi connectivity index (χ0n) is 11.6. The highest BCUT2D eigenvalue weighted by molar-refractivity contribution is 5.05. The summed E-state index contributed by atoms with van der Waals surface area (Å²) < 4.78 is 11.1.